The minimum atomic E-state index is 0.454. The standard InChI is InChI=1S/C25H26N4O3/c1-6-17-7-9-21-19(12-17)20(28-29-25-26-15(2)11-16(3)27-25)14-23(32-21)18-8-10-22(30-4)24(13-18)31-5/h7-14H,6H2,1-5H3,(H,26,27,29). The Morgan fingerprint density at radius 2 is 1.66 bits per heavy atom. The van der Waals surface area contributed by atoms with Gasteiger partial charge in [0.2, 0.25) is 5.95 Å². The van der Waals surface area contributed by atoms with Gasteiger partial charge >= 0.3 is 0 Å². The Morgan fingerprint density at radius 3 is 2.34 bits per heavy atom. The number of anilines is 1. The highest BCUT2D eigenvalue weighted by Gasteiger charge is 2.11. The van der Waals surface area contributed by atoms with Gasteiger partial charge in [-0.2, -0.15) is 5.10 Å². The number of benzene rings is 2. The summed E-state index contributed by atoms with van der Waals surface area (Å²) in [5.41, 5.74) is 7.55. The van der Waals surface area contributed by atoms with Gasteiger partial charge in [0.25, 0.3) is 0 Å². The monoisotopic (exact) mass is 430 g/mol. The molecule has 0 aliphatic rings. The van der Waals surface area contributed by atoms with Crippen LogP contribution in [0.2, 0.25) is 0 Å². The van der Waals surface area contributed by atoms with Crippen molar-refractivity contribution < 1.29 is 13.9 Å². The van der Waals surface area contributed by atoms with Crippen LogP contribution in [0.1, 0.15) is 23.9 Å². The van der Waals surface area contributed by atoms with Gasteiger partial charge in [-0.15, -0.1) is 0 Å². The summed E-state index contributed by atoms with van der Waals surface area (Å²) in [4.78, 5) is 8.83. The Kier molecular flexibility index (Phi) is 6.07. The lowest BCUT2D eigenvalue weighted by atomic mass is 10.1. The van der Waals surface area contributed by atoms with Crippen LogP contribution in [0.3, 0.4) is 0 Å². The van der Waals surface area contributed by atoms with Crippen LogP contribution in [0.15, 0.2) is 58.0 Å². The number of hydrogen-bond acceptors (Lipinski definition) is 7. The molecular weight excluding hydrogens is 404 g/mol. The Balaban J connectivity index is 1.88. The molecule has 4 rings (SSSR count). The number of ether oxygens (including phenoxy) is 2. The number of rotatable bonds is 6. The molecule has 2 aromatic carbocycles. The largest absolute Gasteiger partial charge is 0.493 e. The first-order chi connectivity index (χ1) is 15.5. The van der Waals surface area contributed by atoms with Crippen LogP contribution < -0.4 is 20.3 Å². The zero-order valence-electron chi connectivity index (χ0n) is 18.9. The van der Waals surface area contributed by atoms with E-state index < -0.39 is 0 Å². The third kappa shape index (κ3) is 4.42. The van der Waals surface area contributed by atoms with Gasteiger partial charge in [-0.1, -0.05) is 13.0 Å². The molecule has 7 nitrogen and oxygen atoms in total. The normalized spacial score (nSPS) is 11.6. The predicted octanol–water partition coefficient (Wildman–Crippen LogP) is 5.01. The maximum atomic E-state index is 6.24. The molecule has 0 atom stereocenters. The zero-order valence-corrected chi connectivity index (χ0v) is 18.9. The Labute approximate surface area is 186 Å². The first kappa shape index (κ1) is 21.4. The average molecular weight is 431 g/mol. The van der Waals surface area contributed by atoms with E-state index in [1.165, 1.54) is 5.56 Å². The molecule has 2 aromatic heterocycles. The Morgan fingerprint density at radius 1 is 0.906 bits per heavy atom. The van der Waals surface area contributed by atoms with Crippen LogP contribution in [0.4, 0.5) is 5.95 Å². The van der Waals surface area contributed by atoms with E-state index >= 15 is 0 Å². The number of hydrogen-bond donors (Lipinski definition) is 1. The average Bonchev–Trinajstić information content (AvgIpc) is 2.80. The fourth-order valence-corrected chi connectivity index (χ4v) is 3.55. The van der Waals surface area contributed by atoms with E-state index in [0.717, 1.165) is 39.7 Å². The molecule has 0 aliphatic carbocycles. The highest BCUT2D eigenvalue weighted by Crippen LogP contribution is 2.32. The van der Waals surface area contributed by atoms with Crippen LogP contribution in [0, 0.1) is 13.8 Å². The van der Waals surface area contributed by atoms with Crippen molar-refractivity contribution in [2.24, 2.45) is 5.10 Å². The highest BCUT2D eigenvalue weighted by molar-refractivity contribution is 5.79. The van der Waals surface area contributed by atoms with Gasteiger partial charge in [-0.3, -0.25) is 0 Å². The molecule has 0 saturated carbocycles. The molecular formula is C25H26N4O3. The maximum absolute atomic E-state index is 6.24. The number of nitrogens with zero attached hydrogens (tertiary/aromatic N) is 3. The summed E-state index contributed by atoms with van der Waals surface area (Å²) < 4.78 is 17.0. The summed E-state index contributed by atoms with van der Waals surface area (Å²) >= 11 is 0. The smallest absolute Gasteiger partial charge is 0.243 e. The lowest BCUT2D eigenvalue weighted by Gasteiger charge is -2.10. The summed E-state index contributed by atoms with van der Waals surface area (Å²) in [7, 11) is 3.22. The minimum absolute atomic E-state index is 0.454. The first-order valence-corrected chi connectivity index (χ1v) is 10.4. The van der Waals surface area contributed by atoms with E-state index in [1.807, 2.05) is 50.2 Å². The van der Waals surface area contributed by atoms with Gasteiger partial charge in [-0.05, 0) is 62.2 Å². The minimum Gasteiger partial charge on any atom is -0.493 e. The SMILES string of the molecule is CCc1ccc2oc(-c3ccc(OC)c(OC)c3)cc(=NNc3nc(C)cc(C)n3)c2c1. The lowest BCUT2D eigenvalue weighted by Crippen LogP contribution is -2.09. The molecule has 0 bridgehead atoms. The van der Waals surface area contributed by atoms with Crippen LogP contribution in [-0.4, -0.2) is 24.2 Å². The second kappa shape index (κ2) is 9.09. The molecule has 0 saturated heterocycles. The van der Waals surface area contributed by atoms with Gasteiger partial charge in [0.15, 0.2) is 11.5 Å². The molecule has 164 valence electrons. The lowest BCUT2D eigenvalue weighted by molar-refractivity contribution is 0.355. The topological polar surface area (TPSA) is 81.8 Å². The number of methoxy groups -OCH3 is 2. The van der Waals surface area contributed by atoms with Gasteiger partial charge in [0.05, 0.1) is 19.6 Å². The third-order valence-corrected chi connectivity index (χ3v) is 5.14. The van der Waals surface area contributed by atoms with E-state index in [1.54, 1.807) is 14.2 Å². The van der Waals surface area contributed by atoms with E-state index in [9.17, 15) is 0 Å². The molecule has 0 radical (unpaired) electrons. The fourth-order valence-electron chi connectivity index (χ4n) is 3.55. The molecule has 32 heavy (non-hydrogen) atoms. The number of aromatic nitrogens is 2. The van der Waals surface area contributed by atoms with Crippen molar-refractivity contribution in [2.75, 3.05) is 19.6 Å². The van der Waals surface area contributed by atoms with Crippen LogP contribution in [-0.2, 0) is 6.42 Å². The first-order valence-electron chi connectivity index (χ1n) is 10.4. The summed E-state index contributed by atoms with van der Waals surface area (Å²) in [6.45, 7) is 5.98. The second-order valence-corrected chi connectivity index (χ2v) is 7.45. The van der Waals surface area contributed by atoms with Crippen molar-refractivity contribution in [2.45, 2.75) is 27.2 Å². The molecule has 7 heteroatoms. The Hall–Kier alpha value is -3.87. The summed E-state index contributed by atoms with van der Waals surface area (Å²) in [5.74, 6) is 2.39. The maximum Gasteiger partial charge on any atom is 0.243 e. The zero-order chi connectivity index (χ0) is 22.7. The van der Waals surface area contributed by atoms with Crippen LogP contribution in [0.25, 0.3) is 22.3 Å². The molecule has 0 spiro atoms. The third-order valence-electron chi connectivity index (χ3n) is 5.14. The van der Waals surface area contributed by atoms with Gasteiger partial charge < -0.3 is 13.9 Å². The molecule has 4 aromatic rings. The van der Waals surface area contributed by atoms with Gasteiger partial charge in [0, 0.05) is 28.4 Å². The number of fused-ring (bicyclic) bond motifs is 1. The van der Waals surface area contributed by atoms with Gasteiger partial charge in [-0.25, -0.2) is 15.4 Å². The molecule has 1 N–H and O–H groups in total. The van der Waals surface area contributed by atoms with Crippen LogP contribution >= 0.6 is 0 Å². The van der Waals surface area contributed by atoms with Crippen molar-refractivity contribution in [3.8, 4) is 22.8 Å². The molecule has 0 amide bonds. The highest BCUT2D eigenvalue weighted by atomic mass is 16.5. The van der Waals surface area contributed by atoms with E-state index in [0.29, 0.717) is 23.2 Å². The number of nitrogens with one attached hydrogen (secondary N) is 1. The van der Waals surface area contributed by atoms with Crippen LogP contribution in [0.5, 0.6) is 11.5 Å². The predicted molar refractivity (Wildman–Crippen MR) is 125 cm³/mol. The Bertz CT molecular complexity index is 1320. The quantitative estimate of drug-likeness (QED) is 0.433. The summed E-state index contributed by atoms with van der Waals surface area (Å²) in [5, 5.41) is 6.27. The fraction of sp³-hybridized carbons (Fsp3) is 0.240. The summed E-state index contributed by atoms with van der Waals surface area (Å²) in [6, 6.07) is 15.6. The van der Waals surface area contributed by atoms with Crippen molar-refractivity contribution in [3.63, 3.8) is 0 Å². The summed E-state index contributed by atoms with van der Waals surface area (Å²) in [6.07, 6.45) is 0.917. The molecule has 2 heterocycles. The van der Waals surface area contributed by atoms with E-state index in [4.69, 9.17) is 13.9 Å². The van der Waals surface area contributed by atoms with Crippen molar-refractivity contribution in [3.05, 3.63) is 70.8 Å². The van der Waals surface area contributed by atoms with Crippen molar-refractivity contribution in [1.29, 1.82) is 0 Å². The second-order valence-electron chi connectivity index (χ2n) is 7.45. The van der Waals surface area contributed by atoms with Crippen molar-refractivity contribution in [1.82, 2.24) is 9.97 Å². The molecule has 0 aliphatic heterocycles. The van der Waals surface area contributed by atoms with E-state index in [-0.39, 0.29) is 0 Å². The van der Waals surface area contributed by atoms with Crippen molar-refractivity contribution >= 4 is 16.9 Å². The van der Waals surface area contributed by atoms with E-state index in [2.05, 4.69) is 39.6 Å². The molecule has 0 fully saturated rings. The molecule has 0 unspecified atom stereocenters. The number of aryl methyl sites for hydroxylation is 3. The van der Waals surface area contributed by atoms with Gasteiger partial charge in [0.1, 0.15) is 11.3 Å².